The van der Waals surface area contributed by atoms with Crippen molar-refractivity contribution in [3.63, 3.8) is 0 Å². The Morgan fingerprint density at radius 3 is 2.95 bits per heavy atom. The first-order valence-corrected chi connectivity index (χ1v) is 5.69. The number of nitrogens with zero attached hydrogens (tertiary/aromatic N) is 1. The molecule has 5 nitrogen and oxygen atoms in total. The monoisotopic (exact) mass is 288 g/mol. The second-order valence-corrected chi connectivity index (χ2v) is 4.10. The summed E-state index contributed by atoms with van der Waals surface area (Å²) in [5.74, 6) is 0.00201. The molecule has 0 fully saturated rings. The van der Waals surface area contributed by atoms with Crippen LogP contribution in [0.3, 0.4) is 0 Å². The highest BCUT2D eigenvalue weighted by atomic mass is 35.5. The van der Waals surface area contributed by atoms with Crippen molar-refractivity contribution in [2.45, 2.75) is 5.79 Å². The van der Waals surface area contributed by atoms with Crippen LogP contribution in [-0.4, -0.2) is 38.4 Å². The molecule has 7 heteroatoms. The molecule has 0 radical (unpaired) electrons. The van der Waals surface area contributed by atoms with Gasteiger partial charge in [-0.1, -0.05) is 0 Å². The van der Waals surface area contributed by atoms with Gasteiger partial charge in [0.05, 0.1) is 6.54 Å². The number of amidine groups is 1. The number of aliphatic imine (C=N–C) groups is 1. The van der Waals surface area contributed by atoms with E-state index in [2.05, 4.69) is 10.3 Å². The Bertz CT molecular complexity index is 512. The average Bonchev–Trinajstić information content (AvgIpc) is 2.93. The molecule has 1 aromatic rings. The van der Waals surface area contributed by atoms with Crippen LogP contribution in [0.1, 0.15) is 0 Å². The summed E-state index contributed by atoms with van der Waals surface area (Å²) in [5.41, 5.74) is 0. The van der Waals surface area contributed by atoms with Gasteiger partial charge >= 0.3 is 5.79 Å². The number of hydrogen-bond donors (Lipinski definition) is 1. The summed E-state index contributed by atoms with van der Waals surface area (Å²) in [7, 11) is 1.53. The van der Waals surface area contributed by atoms with Crippen molar-refractivity contribution in [2.75, 3.05) is 26.8 Å². The SMILES string of the molecule is COC1(C2=NCCN2)COc2cc(F)ccc2O1.Cl. The number of halogens is 2. The molecular formula is C12H14ClFN2O3. The molecule has 0 aromatic heterocycles. The lowest BCUT2D eigenvalue weighted by atomic mass is 10.2. The predicted octanol–water partition coefficient (Wildman–Crippen LogP) is 1.36. The zero-order valence-corrected chi connectivity index (χ0v) is 11.1. The van der Waals surface area contributed by atoms with E-state index in [0.29, 0.717) is 23.9 Å². The van der Waals surface area contributed by atoms with E-state index in [1.165, 1.54) is 25.3 Å². The summed E-state index contributed by atoms with van der Waals surface area (Å²) in [6, 6.07) is 4.13. The largest absolute Gasteiger partial charge is 0.482 e. The van der Waals surface area contributed by atoms with Crippen molar-refractivity contribution in [3.8, 4) is 11.5 Å². The van der Waals surface area contributed by atoms with Crippen LogP contribution in [0.4, 0.5) is 4.39 Å². The summed E-state index contributed by atoms with van der Waals surface area (Å²) in [5, 5.41) is 3.11. The Morgan fingerprint density at radius 2 is 2.26 bits per heavy atom. The molecule has 3 rings (SSSR count). The fraction of sp³-hybridized carbons (Fsp3) is 0.417. The maximum absolute atomic E-state index is 13.1. The first-order valence-electron chi connectivity index (χ1n) is 5.69. The van der Waals surface area contributed by atoms with E-state index in [1.54, 1.807) is 0 Å². The predicted molar refractivity (Wildman–Crippen MR) is 69.8 cm³/mol. The van der Waals surface area contributed by atoms with Crippen molar-refractivity contribution in [1.82, 2.24) is 5.32 Å². The van der Waals surface area contributed by atoms with Crippen molar-refractivity contribution in [2.24, 2.45) is 4.99 Å². The zero-order valence-electron chi connectivity index (χ0n) is 10.3. The van der Waals surface area contributed by atoms with Crippen LogP contribution in [0, 0.1) is 5.82 Å². The molecule has 0 saturated heterocycles. The van der Waals surface area contributed by atoms with Crippen molar-refractivity contribution in [3.05, 3.63) is 24.0 Å². The lowest BCUT2D eigenvalue weighted by molar-refractivity contribution is -0.145. The van der Waals surface area contributed by atoms with Gasteiger partial charge in [0, 0.05) is 19.7 Å². The van der Waals surface area contributed by atoms with Crippen LogP contribution in [0.25, 0.3) is 0 Å². The highest BCUT2D eigenvalue weighted by molar-refractivity contribution is 5.91. The van der Waals surface area contributed by atoms with Gasteiger partial charge in [-0.15, -0.1) is 12.4 Å². The minimum atomic E-state index is -1.07. The second kappa shape index (κ2) is 5.22. The fourth-order valence-corrected chi connectivity index (χ4v) is 2.03. The molecule has 1 aromatic carbocycles. The number of nitrogens with one attached hydrogen (secondary N) is 1. The highest BCUT2D eigenvalue weighted by Gasteiger charge is 2.44. The normalized spacial score (nSPS) is 24.2. The molecular weight excluding hydrogens is 275 g/mol. The van der Waals surface area contributed by atoms with Gasteiger partial charge in [0.1, 0.15) is 5.82 Å². The third-order valence-corrected chi connectivity index (χ3v) is 2.96. The minimum absolute atomic E-state index is 0. The number of methoxy groups -OCH3 is 1. The van der Waals surface area contributed by atoms with Gasteiger partial charge in [0.2, 0.25) is 0 Å². The Kier molecular flexibility index (Phi) is 3.82. The summed E-state index contributed by atoms with van der Waals surface area (Å²) in [6.07, 6.45) is 0. The molecule has 0 spiro atoms. The van der Waals surface area contributed by atoms with E-state index in [-0.39, 0.29) is 24.8 Å². The van der Waals surface area contributed by atoms with E-state index < -0.39 is 5.79 Å². The second-order valence-electron chi connectivity index (χ2n) is 4.10. The minimum Gasteiger partial charge on any atom is -0.482 e. The van der Waals surface area contributed by atoms with Gasteiger partial charge in [-0.05, 0) is 12.1 Å². The van der Waals surface area contributed by atoms with E-state index >= 15 is 0 Å². The maximum Gasteiger partial charge on any atom is 0.303 e. The molecule has 0 saturated carbocycles. The molecule has 0 amide bonds. The third-order valence-electron chi connectivity index (χ3n) is 2.96. The van der Waals surface area contributed by atoms with Gasteiger partial charge in [-0.3, -0.25) is 4.99 Å². The first kappa shape index (κ1) is 13.9. The van der Waals surface area contributed by atoms with E-state index in [9.17, 15) is 4.39 Å². The molecule has 19 heavy (non-hydrogen) atoms. The van der Waals surface area contributed by atoms with Crippen molar-refractivity contribution < 1.29 is 18.6 Å². The number of ether oxygens (including phenoxy) is 3. The van der Waals surface area contributed by atoms with Crippen LogP contribution < -0.4 is 14.8 Å². The fourth-order valence-electron chi connectivity index (χ4n) is 2.03. The molecule has 2 aliphatic heterocycles. The maximum atomic E-state index is 13.1. The van der Waals surface area contributed by atoms with Gasteiger partial charge in [0.15, 0.2) is 23.9 Å². The molecule has 1 N–H and O–H groups in total. The number of fused-ring (bicyclic) bond motifs is 1. The van der Waals surface area contributed by atoms with Crippen LogP contribution in [0.15, 0.2) is 23.2 Å². The molecule has 2 heterocycles. The van der Waals surface area contributed by atoms with Gasteiger partial charge in [-0.2, -0.15) is 0 Å². The van der Waals surface area contributed by atoms with Crippen LogP contribution in [-0.2, 0) is 4.74 Å². The lowest BCUT2D eigenvalue weighted by Crippen LogP contribution is -2.57. The van der Waals surface area contributed by atoms with E-state index in [1.807, 2.05) is 0 Å². The number of rotatable bonds is 2. The Balaban J connectivity index is 0.00000133. The summed E-state index contributed by atoms with van der Waals surface area (Å²) >= 11 is 0. The van der Waals surface area contributed by atoms with Gasteiger partial charge in [0.25, 0.3) is 0 Å². The smallest absolute Gasteiger partial charge is 0.303 e. The number of benzene rings is 1. The number of hydrogen-bond acceptors (Lipinski definition) is 5. The Morgan fingerprint density at radius 1 is 1.42 bits per heavy atom. The quantitative estimate of drug-likeness (QED) is 0.893. The molecule has 2 aliphatic rings. The van der Waals surface area contributed by atoms with Crippen LogP contribution in [0.5, 0.6) is 11.5 Å². The first-order chi connectivity index (χ1) is 8.73. The lowest BCUT2D eigenvalue weighted by Gasteiger charge is -2.36. The van der Waals surface area contributed by atoms with Gasteiger partial charge < -0.3 is 19.5 Å². The molecule has 104 valence electrons. The molecule has 1 atom stereocenters. The van der Waals surface area contributed by atoms with Crippen molar-refractivity contribution >= 4 is 18.2 Å². The molecule has 0 aliphatic carbocycles. The van der Waals surface area contributed by atoms with E-state index in [4.69, 9.17) is 14.2 Å². The van der Waals surface area contributed by atoms with Crippen molar-refractivity contribution in [1.29, 1.82) is 0 Å². The molecule has 1 unspecified atom stereocenters. The third kappa shape index (κ3) is 2.33. The Labute approximate surface area is 116 Å². The van der Waals surface area contributed by atoms with Gasteiger partial charge in [-0.25, -0.2) is 4.39 Å². The standard InChI is InChI=1S/C12H13FN2O3.ClH/c1-16-12(11-14-4-5-15-11)7-17-10-6-8(13)2-3-9(10)18-12;/h2-3,6H,4-5,7H2,1H3,(H,14,15);1H. The highest BCUT2D eigenvalue weighted by Crippen LogP contribution is 2.36. The topological polar surface area (TPSA) is 52.1 Å². The Hall–Kier alpha value is -1.53. The summed E-state index contributed by atoms with van der Waals surface area (Å²) in [4.78, 5) is 4.29. The van der Waals surface area contributed by atoms with E-state index in [0.717, 1.165) is 6.54 Å². The molecule has 0 bridgehead atoms. The van der Waals surface area contributed by atoms with Crippen LogP contribution >= 0.6 is 12.4 Å². The average molecular weight is 289 g/mol. The zero-order chi connectivity index (χ0) is 12.6. The summed E-state index contributed by atoms with van der Waals surface area (Å²) < 4.78 is 29.8. The van der Waals surface area contributed by atoms with Crippen LogP contribution in [0.2, 0.25) is 0 Å². The summed E-state index contributed by atoms with van der Waals surface area (Å²) in [6.45, 7) is 1.56.